The summed E-state index contributed by atoms with van der Waals surface area (Å²) in [7, 11) is 0.491. The van der Waals surface area contributed by atoms with Crippen molar-refractivity contribution in [1.82, 2.24) is 14.8 Å². The number of halogens is 1. The Morgan fingerprint density at radius 1 is 1.16 bits per heavy atom. The highest BCUT2D eigenvalue weighted by atomic mass is 35.5. The molecule has 0 aliphatic rings. The van der Waals surface area contributed by atoms with Gasteiger partial charge >= 0.3 is 0 Å². The minimum Gasteiger partial charge on any atom is -0.384 e. The van der Waals surface area contributed by atoms with Gasteiger partial charge in [-0.05, 0) is 48.7 Å². The molecule has 2 radical (unpaired) electrons. The maximum absolute atomic E-state index is 11.4. The molecule has 1 atom stereocenters. The second-order valence-corrected chi connectivity index (χ2v) is 7.91. The second-order valence-electron chi connectivity index (χ2n) is 6.23. The van der Waals surface area contributed by atoms with E-state index in [1.54, 1.807) is 11.0 Å². The van der Waals surface area contributed by atoms with Crippen molar-refractivity contribution in [1.29, 1.82) is 0 Å². The molecule has 0 aliphatic heterocycles. The molecule has 3 rings (SSSR count). The van der Waals surface area contributed by atoms with Gasteiger partial charge in [0.1, 0.15) is 18.3 Å². The normalized spacial score (nSPS) is 13.6. The largest absolute Gasteiger partial charge is 0.384 e. The van der Waals surface area contributed by atoms with E-state index in [-0.39, 0.29) is 0 Å². The van der Waals surface area contributed by atoms with E-state index in [2.05, 4.69) is 42.1 Å². The molecule has 25 heavy (non-hydrogen) atoms. The van der Waals surface area contributed by atoms with Crippen molar-refractivity contribution in [3.8, 4) is 0 Å². The zero-order chi connectivity index (χ0) is 17.9. The first-order valence-electron chi connectivity index (χ1n) is 8.09. The highest BCUT2D eigenvalue weighted by Gasteiger charge is 2.30. The molecule has 1 N–H and O–H groups in total. The van der Waals surface area contributed by atoms with Crippen LogP contribution in [-0.2, 0) is 12.1 Å². The SMILES string of the molecule is Cc1cccc([Si]CC(O)(Cn2cncn2)c2ccc(Cl)cc2)c1C. The van der Waals surface area contributed by atoms with Crippen LogP contribution in [0.3, 0.4) is 0 Å². The smallest absolute Gasteiger partial charge is 0.137 e. The molecule has 3 aromatic rings. The number of benzene rings is 2. The zero-order valence-electron chi connectivity index (χ0n) is 14.3. The molecular formula is C19H20ClN3OSi. The molecule has 2 aromatic carbocycles. The first-order chi connectivity index (χ1) is 12.0. The number of rotatable bonds is 6. The van der Waals surface area contributed by atoms with E-state index in [0.717, 1.165) is 5.56 Å². The molecular weight excluding hydrogens is 350 g/mol. The summed E-state index contributed by atoms with van der Waals surface area (Å²) in [5.74, 6) is 0. The van der Waals surface area contributed by atoms with Crippen LogP contribution >= 0.6 is 11.6 Å². The summed E-state index contributed by atoms with van der Waals surface area (Å²) in [6.07, 6.45) is 3.11. The summed E-state index contributed by atoms with van der Waals surface area (Å²) < 4.78 is 1.67. The van der Waals surface area contributed by atoms with Crippen LogP contribution in [0.4, 0.5) is 0 Å². The lowest BCUT2D eigenvalue weighted by Gasteiger charge is -2.29. The van der Waals surface area contributed by atoms with E-state index in [1.807, 2.05) is 24.3 Å². The number of nitrogens with zero attached hydrogens (tertiary/aromatic N) is 3. The summed E-state index contributed by atoms with van der Waals surface area (Å²) in [6.45, 7) is 4.60. The fourth-order valence-electron chi connectivity index (χ4n) is 2.78. The average molecular weight is 370 g/mol. The molecule has 1 unspecified atom stereocenters. The number of hydrogen-bond acceptors (Lipinski definition) is 3. The topological polar surface area (TPSA) is 50.9 Å². The Bertz CT molecular complexity index is 836. The van der Waals surface area contributed by atoms with Crippen LogP contribution in [0.25, 0.3) is 0 Å². The quantitative estimate of drug-likeness (QED) is 0.680. The molecule has 0 amide bonds. The number of aryl methyl sites for hydroxylation is 1. The van der Waals surface area contributed by atoms with Gasteiger partial charge in [0.15, 0.2) is 0 Å². The van der Waals surface area contributed by atoms with Gasteiger partial charge < -0.3 is 5.11 Å². The predicted molar refractivity (Wildman–Crippen MR) is 101 cm³/mol. The van der Waals surface area contributed by atoms with Gasteiger partial charge in [-0.15, -0.1) is 0 Å². The van der Waals surface area contributed by atoms with Gasteiger partial charge in [0.2, 0.25) is 0 Å². The van der Waals surface area contributed by atoms with Crippen LogP contribution in [-0.4, -0.2) is 29.4 Å². The monoisotopic (exact) mass is 369 g/mol. The van der Waals surface area contributed by atoms with Crippen LogP contribution in [0.1, 0.15) is 16.7 Å². The Morgan fingerprint density at radius 2 is 1.92 bits per heavy atom. The standard InChI is InChI=1S/C19H20ClN3OSi/c1-14-4-3-5-18(15(14)2)25-11-19(24,10-23-13-21-12-22-23)16-6-8-17(20)9-7-16/h3-9,12-13,24H,10-11H2,1-2H3. The molecule has 0 spiro atoms. The molecule has 1 aromatic heterocycles. The minimum atomic E-state index is -1.03. The Labute approximate surface area is 155 Å². The fourth-order valence-corrected chi connectivity index (χ4v) is 4.38. The Kier molecular flexibility index (Phi) is 5.37. The third kappa shape index (κ3) is 4.18. The first-order valence-corrected chi connectivity index (χ1v) is 9.67. The maximum Gasteiger partial charge on any atom is 0.137 e. The summed E-state index contributed by atoms with van der Waals surface area (Å²) in [6, 6.07) is 14.3. The Hall–Kier alpha value is -1.95. The lowest BCUT2D eigenvalue weighted by atomic mass is 9.96. The summed E-state index contributed by atoms with van der Waals surface area (Å²) in [5, 5.41) is 17.5. The van der Waals surface area contributed by atoms with E-state index >= 15 is 0 Å². The van der Waals surface area contributed by atoms with Gasteiger partial charge in [0.05, 0.1) is 16.1 Å². The number of hydrogen-bond donors (Lipinski definition) is 1. The predicted octanol–water partition coefficient (Wildman–Crippen LogP) is 2.88. The molecule has 128 valence electrons. The summed E-state index contributed by atoms with van der Waals surface area (Å²) >= 11 is 6.01. The van der Waals surface area contributed by atoms with Crippen molar-refractivity contribution in [2.45, 2.75) is 32.0 Å². The first kappa shape index (κ1) is 17.9. The number of aliphatic hydroxyl groups is 1. The van der Waals surface area contributed by atoms with Crippen LogP contribution in [0.2, 0.25) is 11.1 Å². The van der Waals surface area contributed by atoms with Gasteiger partial charge in [0.25, 0.3) is 0 Å². The van der Waals surface area contributed by atoms with Crippen molar-refractivity contribution in [2.24, 2.45) is 0 Å². The van der Waals surface area contributed by atoms with Crippen LogP contribution in [0.5, 0.6) is 0 Å². The molecule has 0 saturated carbocycles. The van der Waals surface area contributed by atoms with E-state index in [1.165, 1.54) is 22.6 Å². The molecule has 4 nitrogen and oxygen atoms in total. The number of aromatic nitrogens is 3. The van der Waals surface area contributed by atoms with Crippen molar-refractivity contribution >= 4 is 26.3 Å². The minimum absolute atomic E-state index is 0.354. The lowest BCUT2D eigenvalue weighted by Crippen LogP contribution is -2.36. The van der Waals surface area contributed by atoms with Crippen LogP contribution in [0, 0.1) is 13.8 Å². The molecule has 0 aliphatic carbocycles. The highest BCUT2D eigenvalue weighted by molar-refractivity contribution is 6.54. The van der Waals surface area contributed by atoms with E-state index in [4.69, 9.17) is 11.6 Å². The summed E-state index contributed by atoms with van der Waals surface area (Å²) in [5.41, 5.74) is 2.37. The molecule has 0 bridgehead atoms. The van der Waals surface area contributed by atoms with Crippen molar-refractivity contribution in [3.05, 3.63) is 76.8 Å². The Balaban J connectivity index is 1.88. The molecule has 1 heterocycles. The average Bonchev–Trinajstić information content (AvgIpc) is 3.09. The Morgan fingerprint density at radius 3 is 2.60 bits per heavy atom. The van der Waals surface area contributed by atoms with Crippen LogP contribution in [0.15, 0.2) is 55.1 Å². The lowest BCUT2D eigenvalue weighted by molar-refractivity contribution is 0.0348. The van der Waals surface area contributed by atoms with Crippen molar-refractivity contribution in [3.63, 3.8) is 0 Å². The maximum atomic E-state index is 11.4. The van der Waals surface area contributed by atoms with Gasteiger partial charge in [-0.3, -0.25) is 0 Å². The van der Waals surface area contributed by atoms with E-state index in [0.29, 0.717) is 27.1 Å². The molecule has 0 saturated heterocycles. The zero-order valence-corrected chi connectivity index (χ0v) is 16.0. The van der Waals surface area contributed by atoms with Crippen LogP contribution < -0.4 is 5.19 Å². The highest BCUT2D eigenvalue weighted by Crippen LogP contribution is 2.28. The van der Waals surface area contributed by atoms with Gasteiger partial charge in [0, 0.05) is 5.02 Å². The van der Waals surface area contributed by atoms with Gasteiger partial charge in [-0.25, -0.2) is 9.67 Å². The fraction of sp³-hybridized carbons (Fsp3) is 0.263. The third-order valence-corrected chi connectivity index (χ3v) is 6.38. The van der Waals surface area contributed by atoms with Crippen molar-refractivity contribution in [2.75, 3.05) is 0 Å². The summed E-state index contributed by atoms with van der Waals surface area (Å²) in [4.78, 5) is 3.98. The van der Waals surface area contributed by atoms with E-state index in [9.17, 15) is 5.11 Å². The van der Waals surface area contributed by atoms with Crippen molar-refractivity contribution < 1.29 is 5.11 Å². The third-order valence-electron chi connectivity index (χ3n) is 4.45. The van der Waals surface area contributed by atoms with E-state index < -0.39 is 5.60 Å². The molecule has 6 heteroatoms. The second kappa shape index (κ2) is 7.52. The van der Waals surface area contributed by atoms with Gasteiger partial charge in [-0.1, -0.05) is 47.1 Å². The molecule has 0 fully saturated rings. The van der Waals surface area contributed by atoms with Gasteiger partial charge in [-0.2, -0.15) is 5.10 Å².